The molecule has 0 aromatic heterocycles. The Balaban J connectivity index is 0.00000468. The molecule has 4 aromatic carbocycles. The number of hydrogen-bond donors (Lipinski definition) is 1. The predicted molar refractivity (Wildman–Crippen MR) is 189 cm³/mol. The summed E-state index contributed by atoms with van der Waals surface area (Å²) in [6, 6.07) is 38.9. The van der Waals surface area contributed by atoms with Crippen molar-refractivity contribution in [3.63, 3.8) is 0 Å². The first-order valence-electron chi connectivity index (χ1n) is 15.7. The first-order valence-corrected chi connectivity index (χ1v) is 19.4. The summed E-state index contributed by atoms with van der Waals surface area (Å²) in [5.41, 5.74) is -2.27. The standard InChI is InChI=1S/C38H37N2O6PS.BrH/c1-37(2,3)46-36(43)38(39-33(41)24-28-16-8-4-9-17-28)34(42)40-25-29(27-48(44,45)35(38)40)26-47(30-18-10-5-11-19-30,31-20-12-6-13-21-31)32-22-14-7-15-23-32;/h4-23,25,35H,24,26-27H2,1-3H3;1H/t35-,38?;/m0./s1. The monoisotopic (exact) mass is 760 g/mol. The predicted octanol–water partition coefficient (Wildman–Crippen LogP) is 0.905. The second kappa shape index (κ2) is 14.0. The number of amides is 2. The number of esters is 1. The zero-order chi connectivity index (χ0) is 34.2. The average molecular weight is 762 g/mol. The number of fused-ring (bicyclic) bond motifs is 1. The number of sulfone groups is 1. The summed E-state index contributed by atoms with van der Waals surface area (Å²) in [5, 5.41) is 4.09. The minimum atomic E-state index is -4.21. The molecule has 11 heteroatoms. The van der Waals surface area contributed by atoms with Crippen molar-refractivity contribution >= 4 is 50.8 Å². The number of hydrogen-bond acceptors (Lipinski definition) is 6. The second-order valence-electron chi connectivity index (χ2n) is 13.2. The Bertz CT molecular complexity index is 1870. The van der Waals surface area contributed by atoms with E-state index < -0.39 is 57.2 Å². The number of halogens is 1. The molecule has 2 aliphatic heterocycles. The molecule has 2 amide bonds. The Labute approximate surface area is 298 Å². The van der Waals surface area contributed by atoms with Gasteiger partial charge < -0.3 is 27.0 Å². The molecule has 0 radical (unpaired) electrons. The van der Waals surface area contributed by atoms with Gasteiger partial charge in [-0.2, -0.15) is 0 Å². The van der Waals surface area contributed by atoms with Crippen LogP contribution in [0.25, 0.3) is 0 Å². The van der Waals surface area contributed by atoms with Gasteiger partial charge >= 0.3 is 5.97 Å². The SMILES string of the molecule is CC(C)(C)OC(=O)C1(NC(=O)Cc2ccccc2)C(=O)N2C=C(C[P+](c3ccccc3)(c3ccccc3)c3ccccc3)CS(=O)(=O)[C@H]21.[Br-]. The summed E-state index contributed by atoms with van der Waals surface area (Å²) in [5.74, 6) is -2.99. The molecule has 1 N–H and O–H groups in total. The Morgan fingerprint density at radius 1 is 0.816 bits per heavy atom. The first-order chi connectivity index (χ1) is 22.9. The van der Waals surface area contributed by atoms with Crippen molar-refractivity contribution in [3.05, 3.63) is 139 Å². The van der Waals surface area contributed by atoms with Crippen molar-refractivity contribution in [2.75, 3.05) is 11.9 Å². The van der Waals surface area contributed by atoms with E-state index in [2.05, 4.69) is 41.7 Å². The van der Waals surface area contributed by atoms with Crippen molar-refractivity contribution in [2.45, 2.75) is 43.7 Å². The van der Waals surface area contributed by atoms with E-state index in [1.807, 2.05) is 54.6 Å². The van der Waals surface area contributed by atoms with E-state index in [9.17, 15) is 22.8 Å². The highest BCUT2D eigenvalue weighted by Gasteiger charge is 2.73. The Morgan fingerprint density at radius 2 is 1.27 bits per heavy atom. The third-order valence-electron chi connectivity index (χ3n) is 8.54. The van der Waals surface area contributed by atoms with Crippen molar-refractivity contribution < 1.29 is 44.5 Å². The molecule has 254 valence electrons. The number of carbonyl (C=O) groups is 3. The van der Waals surface area contributed by atoms with Crippen molar-refractivity contribution in [1.29, 1.82) is 0 Å². The topological polar surface area (TPSA) is 110 Å². The van der Waals surface area contributed by atoms with E-state index in [0.717, 1.165) is 20.8 Å². The van der Waals surface area contributed by atoms with Crippen LogP contribution in [-0.2, 0) is 35.4 Å². The minimum Gasteiger partial charge on any atom is -1.00 e. The Kier molecular flexibility index (Phi) is 10.4. The van der Waals surface area contributed by atoms with Crippen LogP contribution >= 0.6 is 7.26 Å². The fourth-order valence-corrected chi connectivity index (χ4v) is 13.2. The molecular formula is C38H38BrN2O6PS. The number of nitrogens with zero attached hydrogens (tertiary/aromatic N) is 1. The van der Waals surface area contributed by atoms with Gasteiger partial charge in [0.2, 0.25) is 5.91 Å². The molecule has 0 saturated carbocycles. The van der Waals surface area contributed by atoms with Crippen LogP contribution in [0.2, 0.25) is 0 Å². The van der Waals surface area contributed by atoms with E-state index >= 15 is 0 Å². The largest absolute Gasteiger partial charge is 1.00 e. The molecule has 1 unspecified atom stereocenters. The molecule has 1 saturated heterocycles. The lowest BCUT2D eigenvalue weighted by atomic mass is 9.86. The lowest BCUT2D eigenvalue weighted by Gasteiger charge is -2.53. The molecule has 0 aliphatic carbocycles. The van der Waals surface area contributed by atoms with Gasteiger partial charge in [-0.15, -0.1) is 0 Å². The minimum absolute atomic E-state index is 0. The number of nitrogens with one attached hydrogen (secondary N) is 1. The van der Waals surface area contributed by atoms with Crippen LogP contribution in [-0.4, -0.2) is 59.5 Å². The van der Waals surface area contributed by atoms with Gasteiger partial charge in [0.25, 0.3) is 11.4 Å². The molecule has 49 heavy (non-hydrogen) atoms. The van der Waals surface area contributed by atoms with E-state index in [0.29, 0.717) is 17.3 Å². The molecule has 0 bridgehead atoms. The number of ether oxygens (including phenoxy) is 1. The van der Waals surface area contributed by atoms with Gasteiger partial charge in [-0.05, 0) is 68.3 Å². The first kappa shape index (κ1) is 36.2. The van der Waals surface area contributed by atoms with Crippen molar-refractivity contribution in [1.82, 2.24) is 10.2 Å². The van der Waals surface area contributed by atoms with Crippen molar-refractivity contribution in [2.24, 2.45) is 0 Å². The van der Waals surface area contributed by atoms with Crippen LogP contribution in [0.4, 0.5) is 0 Å². The average Bonchev–Trinajstić information content (AvgIpc) is 3.06. The Hall–Kier alpha value is -4.11. The number of β-lactam (4-membered cyclic amide) rings is 1. The van der Waals surface area contributed by atoms with Gasteiger partial charge in [-0.25, -0.2) is 13.2 Å². The third kappa shape index (κ3) is 6.87. The quantitative estimate of drug-likeness (QED) is 0.118. The molecule has 2 heterocycles. The summed E-state index contributed by atoms with van der Waals surface area (Å²) >= 11 is 0. The molecular weight excluding hydrogens is 723 g/mol. The normalized spacial score (nSPS) is 19.7. The molecule has 8 nitrogen and oxygen atoms in total. The maximum absolute atomic E-state index is 14.3. The highest BCUT2D eigenvalue weighted by atomic mass is 79.9. The van der Waals surface area contributed by atoms with E-state index in [1.165, 1.54) is 0 Å². The molecule has 6 rings (SSSR count). The van der Waals surface area contributed by atoms with Gasteiger partial charge in [0.05, 0.1) is 18.3 Å². The summed E-state index contributed by atoms with van der Waals surface area (Å²) in [7, 11) is -6.71. The van der Waals surface area contributed by atoms with Crippen LogP contribution in [0.15, 0.2) is 133 Å². The Morgan fingerprint density at radius 3 is 1.71 bits per heavy atom. The van der Waals surface area contributed by atoms with Crippen molar-refractivity contribution in [3.8, 4) is 0 Å². The number of carbonyl (C=O) groups excluding carboxylic acids is 3. The van der Waals surface area contributed by atoms with Gasteiger partial charge in [-0.1, -0.05) is 84.9 Å². The van der Waals surface area contributed by atoms with E-state index in [1.54, 1.807) is 57.3 Å². The lowest BCUT2D eigenvalue weighted by Crippen LogP contribution is -3.00. The molecule has 2 aliphatic rings. The van der Waals surface area contributed by atoms with Crippen LogP contribution in [0.3, 0.4) is 0 Å². The smallest absolute Gasteiger partial charge is 0.345 e. The van der Waals surface area contributed by atoms with E-state index in [4.69, 9.17) is 4.74 Å². The zero-order valence-electron chi connectivity index (χ0n) is 27.5. The van der Waals surface area contributed by atoms with Gasteiger partial charge in [0.15, 0.2) is 15.2 Å². The molecule has 1 fully saturated rings. The van der Waals surface area contributed by atoms with Gasteiger partial charge in [-0.3, -0.25) is 14.5 Å². The highest BCUT2D eigenvalue weighted by molar-refractivity contribution is 7.96. The molecule has 0 spiro atoms. The summed E-state index contributed by atoms with van der Waals surface area (Å²) < 4.78 is 34.3. The van der Waals surface area contributed by atoms with Gasteiger partial charge in [0, 0.05) is 6.20 Å². The fraction of sp³-hybridized carbons (Fsp3) is 0.237. The molecule has 4 aromatic rings. The van der Waals surface area contributed by atoms with Crippen LogP contribution in [0, 0.1) is 0 Å². The second-order valence-corrected chi connectivity index (χ2v) is 18.7. The third-order valence-corrected chi connectivity index (χ3v) is 15.0. The highest BCUT2D eigenvalue weighted by Crippen LogP contribution is 2.57. The summed E-state index contributed by atoms with van der Waals surface area (Å²) in [6.45, 7) is 4.87. The van der Waals surface area contributed by atoms with Crippen LogP contribution in [0.5, 0.6) is 0 Å². The number of benzene rings is 4. The van der Waals surface area contributed by atoms with Crippen LogP contribution < -0.4 is 38.2 Å². The summed E-state index contributed by atoms with van der Waals surface area (Å²) in [6.07, 6.45) is 1.77. The fourth-order valence-electron chi connectivity index (χ4n) is 6.62. The zero-order valence-corrected chi connectivity index (χ0v) is 30.8. The molecule has 2 atom stereocenters. The van der Waals surface area contributed by atoms with Crippen LogP contribution in [0.1, 0.15) is 26.3 Å². The van der Waals surface area contributed by atoms with Gasteiger partial charge in [0.1, 0.15) is 28.8 Å². The maximum Gasteiger partial charge on any atom is 0.345 e. The van der Waals surface area contributed by atoms with E-state index in [-0.39, 0.29) is 23.4 Å². The summed E-state index contributed by atoms with van der Waals surface area (Å²) in [4.78, 5) is 42.4. The maximum atomic E-state index is 14.3. The lowest BCUT2D eigenvalue weighted by molar-refractivity contribution is -0.181. The number of rotatable bonds is 9.